The maximum Gasteiger partial charge on any atom is 0.126 e. The average Bonchev–Trinajstić information content (AvgIpc) is 2.48. The van der Waals surface area contributed by atoms with Crippen molar-refractivity contribution in [3.05, 3.63) is 65.7 Å². The molecule has 0 aliphatic rings. The van der Waals surface area contributed by atoms with Crippen LogP contribution in [0.25, 0.3) is 11.0 Å². The van der Waals surface area contributed by atoms with Crippen LogP contribution in [0.1, 0.15) is 11.1 Å². The molecule has 2 aromatic carbocycles. The summed E-state index contributed by atoms with van der Waals surface area (Å²) >= 11 is 0. The molecule has 100 valence electrons. The molecule has 3 nitrogen and oxygen atoms in total. The van der Waals surface area contributed by atoms with Crippen LogP contribution in [0, 0.1) is 12.7 Å². The first-order valence-corrected chi connectivity index (χ1v) is 6.42. The molecule has 0 radical (unpaired) electrons. The SMILES string of the molecule is Cc1cc(CNc2ccc3nccnc3c2)ccc1F. The highest BCUT2D eigenvalue weighted by molar-refractivity contribution is 5.78. The van der Waals surface area contributed by atoms with Gasteiger partial charge in [-0.15, -0.1) is 0 Å². The lowest BCUT2D eigenvalue weighted by atomic mass is 10.1. The standard InChI is InChI=1S/C16H14FN3/c1-11-8-12(2-4-14(11)17)10-20-13-3-5-15-16(9-13)19-7-6-18-15/h2-9,20H,10H2,1H3. The van der Waals surface area contributed by atoms with Crippen molar-refractivity contribution in [3.63, 3.8) is 0 Å². The third-order valence-electron chi connectivity index (χ3n) is 3.19. The van der Waals surface area contributed by atoms with Crippen molar-refractivity contribution in [2.75, 3.05) is 5.32 Å². The van der Waals surface area contributed by atoms with Gasteiger partial charge in [-0.05, 0) is 42.3 Å². The average molecular weight is 267 g/mol. The summed E-state index contributed by atoms with van der Waals surface area (Å²) < 4.78 is 13.2. The minimum atomic E-state index is -0.172. The Morgan fingerprint density at radius 2 is 1.80 bits per heavy atom. The fourth-order valence-corrected chi connectivity index (χ4v) is 2.09. The summed E-state index contributed by atoms with van der Waals surface area (Å²) in [6, 6.07) is 11.0. The predicted octanol–water partition coefficient (Wildman–Crippen LogP) is 3.69. The van der Waals surface area contributed by atoms with Gasteiger partial charge >= 0.3 is 0 Å². The first kappa shape index (κ1) is 12.5. The Bertz CT molecular complexity index is 756. The maximum absolute atomic E-state index is 13.2. The number of nitrogens with zero attached hydrogens (tertiary/aromatic N) is 2. The zero-order chi connectivity index (χ0) is 13.9. The molecule has 3 aromatic rings. The summed E-state index contributed by atoms with van der Waals surface area (Å²) in [6.07, 6.45) is 3.35. The molecule has 3 rings (SSSR count). The van der Waals surface area contributed by atoms with E-state index in [4.69, 9.17) is 0 Å². The van der Waals surface area contributed by atoms with Gasteiger partial charge in [0.2, 0.25) is 0 Å². The van der Waals surface area contributed by atoms with Crippen LogP contribution in [0.4, 0.5) is 10.1 Å². The van der Waals surface area contributed by atoms with E-state index < -0.39 is 0 Å². The largest absolute Gasteiger partial charge is 0.381 e. The topological polar surface area (TPSA) is 37.8 Å². The normalized spacial score (nSPS) is 10.7. The van der Waals surface area contributed by atoms with Crippen molar-refractivity contribution in [3.8, 4) is 0 Å². The lowest BCUT2D eigenvalue weighted by Gasteiger charge is -2.08. The Labute approximate surface area is 116 Å². The molecular weight excluding hydrogens is 253 g/mol. The second-order valence-corrected chi connectivity index (χ2v) is 4.70. The van der Waals surface area contributed by atoms with Crippen LogP contribution in [-0.4, -0.2) is 9.97 Å². The summed E-state index contributed by atoms with van der Waals surface area (Å²) in [5, 5.41) is 3.31. The van der Waals surface area contributed by atoms with Crippen molar-refractivity contribution in [2.45, 2.75) is 13.5 Å². The minimum absolute atomic E-state index is 0.172. The smallest absolute Gasteiger partial charge is 0.126 e. The van der Waals surface area contributed by atoms with Gasteiger partial charge in [0.25, 0.3) is 0 Å². The Balaban J connectivity index is 1.77. The monoisotopic (exact) mass is 267 g/mol. The molecule has 0 saturated heterocycles. The summed E-state index contributed by atoms with van der Waals surface area (Å²) in [7, 11) is 0. The zero-order valence-electron chi connectivity index (χ0n) is 11.1. The number of hydrogen-bond acceptors (Lipinski definition) is 3. The van der Waals surface area contributed by atoms with E-state index in [1.807, 2.05) is 24.3 Å². The van der Waals surface area contributed by atoms with Crippen LogP contribution in [0.5, 0.6) is 0 Å². The number of nitrogens with one attached hydrogen (secondary N) is 1. The Hall–Kier alpha value is -2.49. The number of rotatable bonds is 3. The van der Waals surface area contributed by atoms with Gasteiger partial charge in [-0.3, -0.25) is 9.97 Å². The number of hydrogen-bond donors (Lipinski definition) is 1. The highest BCUT2D eigenvalue weighted by atomic mass is 19.1. The predicted molar refractivity (Wildman–Crippen MR) is 78.0 cm³/mol. The fraction of sp³-hybridized carbons (Fsp3) is 0.125. The van der Waals surface area contributed by atoms with E-state index in [1.54, 1.807) is 25.4 Å². The Kier molecular flexibility index (Phi) is 3.29. The Morgan fingerprint density at radius 1 is 1.00 bits per heavy atom. The molecule has 0 aliphatic heterocycles. The molecule has 0 fully saturated rings. The van der Waals surface area contributed by atoms with Gasteiger partial charge in [0.05, 0.1) is 11.0 Å². The molecule has 20 heavy (non-hydrogen) atoms. The molecule has 0 saturated carbocycles. The minimum Gasteiger partial charge on any atom is -0.381 e. The second-order valence-electron chi connectivity index (χ2n) is 4.70. The molecule has 1 N–H and O–H groups in total. The molecule has 0 atom stereocenters. The molecule has 0 bridgehead atoms. The Morgan fingerprint density at radius 3 is 2.60 bits per heavy atom. The highest BCUT2D eigenvalue weighted by Crippen LogP contribution is 2.16. The molecule has 4 heteroatoms. The van der Waals surface area contributed by atoms with Gasteiger partial charge in [-0.25, -0.2) is 4.39 Å². The van der Waals surface area contributed by atoms with Crippen LogP contribution in [0.15, 0.2) is 48.8 Å². The molecule has 0 amide bonds. The van der Waals surface area contributed by atoms with Crippen LogP contribution in [-0.2, 0) is 6.54 Å². The van der Waals surface area contributed by atoms with E-state index in [-0.39, 0.29) is 5.82 Å². The molecule has 0 spiro atoms. The van der Waals surface area contributed by atoms with E-state index in [9.17, 15) is 4.39 Å². The summed E-state index contributed by atoms with van der Waals surface area (Å²) in [5.41, 5.74) is 4.40. The summed E-state index contributed by atoms with van der Waals surface area (Å²) in [4.78, 5) is 8.50. The number of aromatic nitrogens is 2. The quantitative estimate of drug-likeness (QED) is 0.786. The van der Waals surface area contributed by atoms with Gasteiger partial charge in [0.1, 0.15) is 5.82 Å². The van der Waals surface area contributed by atoms with Crippen LogP contribution in [0.3, 0.4) is 0 Å². The third kappa shape index (κ3) is 2.59. The van der Waals surface area contributed by atoms with Crippen molar-refractivity contribution >= 4 is 16.7 Å². The first-order valence-electron chi connectivity index (χ1n) is 6.42. The molecular formula is C16H14FN3. The van der Waals surface area contributed by atoms with Gasteiger partial charge in [0.15, 0.2) is 0 Å². The lowest BCUT2D eigenvalue weighted by molar-refractivity contribution is 0.617. The van der Waals surface area contributed by atoms with Crippen molar-refractivity contribution in [1.29, 1.82) is 0 Å². The van der Waals surface area contributed by atoms with E-state index in [0.29, 0.717) is 12.1 Å². The van der Waals surface area contributed by atoms with Crippen molar-refractivity contribution in [2.24, 2.45) is 0 Å². The number of fused-ring (bicyclic) bond motifs is 1. The number of anilines is 1. The maximum atomic E-state index is 13.2. The second kappa shape index (κ2) is 5.25. The van der Waals surface area contributed by atoms with E-state index in [0.717, 1.165) is 22.3 Å². The zero-order valence-corrected chi connectivity index (χ0v) is 11.1. The number of benzene rings is 2. The molecule has 1 aromatic heterocycles. The lowest BCUT2D eigenvalue weighted by Crippen LogP contribution is -2.00. The molecule has 0 unspecified atom stereocenters. The summed E-state index contributed by atoms with van der Waals surface area (Å²) in [6.45, 7) is 2.41. The molecule has 1 heterocycles. The van der Waals surface area contributed by atoms with Crippen LogP contribution >= 0.6 is 0 Å². The van der Waals surface area contributed by atoms with E-state index in [1.165, 1.54) is 6.07 Å². The van der Waals surface area contributed by atoms with Gasteiger partial charge in [-0.2, -0.15) is 0 Å². The van der Waals surface area contributed by atoms with Crippen molar-refractivity contribution < 1.29 is 4.39 Å². The van der Waals surface area contributed by atoms with Crippen LogP contribution in [0.2, 0.25) is 0 Å². The molecule has 0 aliphatic carbocycles. The van der Waals surface area contributed by atoms with E-state index >= 15 is 0 Å². The van der Waals surface area contributed by atoms with Gasteiger partial charge in [-0.1, -0.05) is 12.1 Å². The third-order valence-corrected chi connectivity index (χ3v) is 3.19. The number of aryl methyl sites for hydroxylation is 1. The summed E-state index contributed by atoms with van der Waals surface area (Å²) in [5.74, 6) is -0.172. The van der Waals surface area contributed by atoms with Gasteiger partial charge in [0, 0.05) is 24.6 Å². The fourth-order valence-electron chi connectivity index (χ4n) is 2.09. The first-order chi connectivity index (χ1) is 9.72. The number of halogens is 1. The van der Waals surface area contributed by atoms with E-state index in [2.05, 4.69) is 15.3 Å². The van der Waals surface area contributed by atoms with Gasteiger partial charge < -0.3 is 5.32 Å². The van der Waals surface area contributed by atoms with Crippen LogP contribution < -0.4 is 5.32 Å². The highest BCUT2D eigenvalue weighted by Gasteiger charge is 2.01. The van der Waals surface area contributed by atoms with Crippen molar-refractivity contribution in [1.82, 2.24) is 9.97 Å².